The molecule has 13 nitrogen and oxygen atoms in total. The van der Waals surface area contributed by atoms with Crippen molar-refractivity contribution in [3.05, 3.63) is 0 Å². The summed E-state index contributed by atoms with van der Waals surface area (Å²) in [5.74, 6) is 0. The molecule has 0 spiro atoms. The van der Waals surface area contributed by atoms with Crippen molar-refractivity contribution in [3.8, 4) is 0 Å². The van der Waals surface area contributed by atoms with Crippen LogP contribution in [0, 0.1) is 0 Å². The highest BCUT2D eigenvalue weighted by atomic mass is 31.2. The van der Waals surface area contributed by atoms with Gasteiger partial charge in [-0.3, -0.25) is 0 Å². The van der Waals surface area contributed by atoms with Crippen molar-refractivity contribution in [3.63, 3.8) is 0 Å². The number of aliphatic hydroxyl groups excluding tert-OH is 6. The number of ether oxygens (including phenoxy) is 3. The second-order valence-electron chi connectivity index (χ2n) is 8.30. The standard InChI is InChI=1S/3C8H18O3.H3O4P/c3*1-2-3-4-8(10)7-11-6-5-9;1-5(2,3)4/h3*8-10H,2-7H2,1H3;(H3,1,2,3,4). The third-order valence-electron chi connectivity index (χ3n) is 4.31. The summed E-state index contributed by atoms with van der Waals surface area (Å²) in [6, 6.07) is 0. The molecule has 0 rings (SSSR count). The Balaban J connectivity index is -0.000000209. The fourth-order valence-electron chi connectivity index (χ4n) is 2.42. The predicted octanol–water partition coefficient (Wildman–Crippen LogP) is 0.711. The van der Waals surface area contributed by atoms with Gasteiger partial charge in [0.05, 0.1) is 77.8 Å². The second kappa shape index (κ2) is 36.8. The first-order valence-corrected chi connectivity index (χ1v) is 14.9. The van der Waals surface area contributed by atoms with E-state index in [2.05, 4.69) is 20.8 Å². The first kappa shape index (κ1) is 44.8. The molecule has 0 fully saturated rings. The van der Waals surface area contributed by atoms with E-state index < -0.39 is 7.82 Å². The van der Waals surface area contributed by atoms with Crippen LogP contribution in [0.4, 0.5) is 0 Å². The van der Waals surface area contributed by atoms with Crippen molar-refractivity contribution in [2.45, 2.75) is 96.9 Å². The van der Waals surface area contributed by atoms with Gasteiger partial charge in [0.1, 0.15) is 0 Å². The molecule has 0 aliphatic rings. The molecule has 0 aliphatic heterocycles. The van der Waals surface area contributed by atoms with Crippen LogP contribution >= 0.6 is 7.82 Å². The monoisotopic (exact) mass is 584 g/mol. The number of phosphoric acid groups is 1. The Morgan fingerprint density at radius 2 is 0.763 bits per heavy atom. The van der Waals surface area contributed by atoms with Crippen LogP contribution in [-0.2, 0) is 18.8 Å². The minimum atomic E-state index is -4.64. The molecular formula is C24H57O13P. The summed E-state index contributed by atoms with van der Waals surface area (Å²) in [6.07, 6.45) is 7.68. The highest BCUT2D eigenvalue weighted by Crippen LogP contribution is 2.25. The number of hydrogen-bond donors (Lipinski definition) is 9. The summed E-state index contributed by atoms with van der Waals surface area (Å²) in [5.41, 5.74) is 0. The minimum absolute atomic E-state index is 0.0283. The maximum Gasteiger partial charge on any atom is 0.466 e. The molecule has 0 aromatic heterocycles. The summed E-state index contributed by atoms with van der Waals surface area (Å²) in [4.78, 5) is 21.6. The van der Waals surface area contributed by atoms with E-state index >= 15 is 0 Å². The average Bonchev–Trinajstić information content (AvgIpc) is 2.85. The molecule has 0 saturated carbocycles. The summed E-state index contributed by atoms with van der Waals surface area (Å²) in [6.45, 7) is 8.35. The molecule has 0 bridgehead atoms. The van der Waals surface area contributed by atoms with E-state index in [4.69, 9.17) is 48.8 Å². The van der Waals surface area contributed by atoms with E-state index in [9.17, 15) is 15.3 Å². The second-order valence-corrected chi connectivity index (χ2v) is 9.32. The van der Waals surface area contributed by atoms with Gasteiger partial charge in [-0.25, -0.2) is 4.57 Å². The maximum atomic E-state index is 9.20. The zero-order chi connectivity index (χ0) is 30.1. The summed E-state index contributed by atoms with van der Waals surface area (Å²) >= 11 is 0. The number of hydrogen-bond acceptors (Lipinski definition) is 10. The smallest absolute Gasteiger partial charge is 0.394 e. The zero-order valence-corrected chi connectivity index (χ0v) is 24.5. The van der Waals surface area contributed by atoms with Crippen molar-refractivity contribution in [2.75, 3.05) is 59.5 Å². The molecule has 0 saturated heterocycles. The highest BCUT2D eigenvalue weighted by Gasteiger charge is 2.03. The number of aliphatic hydroxyl groups is 6. The van der Waals surface area contributed by atoms with E-state index in [1.807, 2.05) is 0 Å². The lowest BCUT2D eigenvalue weighted by Crippen LogP contribution is -2.16. The molecule has 3 unspecified atom stereocenters. The third kappa shape index (κ3) is 60.3. The number of unbranched alkanes of at least 4 members (excludes halogenated alkanes) is 3. The molecule has 14 heteroatoms. The first-order chi connectivity index (χ1) is 17.9. The van der Waals surface area contributed by atoms with Crippen LogP contribution in [0.2, 0.25) is 0 Å². The molecular weight excluding hydrogens is 527 g/mol. The molecule has 236 valence electrons. The van der Waals surface area contributed by atoms with E-state index in [-0.39, 0.29) is 38.1 Å². The van der Waals surface area contributed by atoms with Crippen molar-refractivity contribution in [2.24, 2.45) is 0 Å². The Morgan fingerprint density at radius 1 is 0.553 bits per heavy atom. The van der Waals surface area contributed by atoms with Crippen LogP contribution in [0.5, 0.6) is 0 Å². The average molecular weight is 585 g/mol. The zero-order valence-electron chi connectivity index (χ0n) is 23.6. The van der Waals surface area contributed by atoms with Gasteiger partial charge in [0, 0.05) is 0 Å². The van der Waals surface area contributed by atoms with Crippen LogP contribution in [0.1, 0.15) is 78.6 Å². The lowest BCUT2D eigenvalue weighted by atomic mass is 10.2. The Bertz CT molecular complexity index is 399. The SMILES string of the molecule is CCCCC(O)COCCO.CCCCC(O)COCCO.CCCCC(O)COCCO.O=P(O)(O)O. The van der Waals surface area contributed by atoms with Crippen molar-refractivity contribution in [1.82, 2.24) is 0 Å². The van der Waals surface area contributed by atoms with E-state index in [1.165, 1.54) is 0 Å². The van der Waals surface area contributed by atoms with E-state index in [0.29, 0.717) is 39.6 Å². The summed E-state index contributed by atoms with van der Waals surface area (Å²) < 4.78 is 23.7. The quantitative estimate of drug-likeness (QED) is 0.0670. The fourth-order valence-corrected chi connectivity index (χ4v) is 2.42. The Hall–Kier alpha value is -0.250. The largest absolute Gasteiger partial charge is 0.466 e. The summed E-state index contributed by atoms with van der Waals surface area (Å²) in [7, 11) is -4.64. The van der Waals surface area contributed by atoms with Crippen LogP contribution in [0.3, 0.4) is 0 Å². The molecule has 0 amide bonds. The lowest BCUT2D eigenvalue weighted by molar-refractivity contribution is 0.0171. The normalized spacial score (nSPS) is 13.2. The maximum absolute atomic E-state index is 9.20. The van der Waals surface area contributed by atoms with Gasteiger partial charge >= 0.3 is 7.82 Å². The van der Waals surface area contributed by atoms with Crippen LogP contribution < -0.4 is 0 Å². The van der Waals surface area contributed by atoms with Gasteiger partial charge < -0.3 is 59.5 Å². The molecule has 0 aromatic rings. The Labute approximate surface area is 228 Å². The van der Waals surface area contributed by atoms with Crippen LogP contribution in [-0.4, -0.2) is 123 Å². The molecule has 0 heterocycles. The fraction of sp³-hybridized carbons (Fsp3) is 1.00. The Kier molecular flexibility index (Phi) is 43.3. The van der Waals surface area contributed by atoms with Gasteiger partial charge in [-0.1, -0.05) is 59.3 Å². The lowest BCUT2D eigenvalue weighted by Gasteiger charge is -2.09. The predicted molar refractivity (Wildman–Crippen MR) is 145 cm³/mol. The van der Waals surface area contributed by atoms with Gasteiger partial charge in [0.15, 0.2) is 0 Å². The molecule has 0 aromatic carbocycles. The van der Waals surface area contributed by atoms with Gasteiger partial charge in [-0.05, 0) is 19.3 Å². The van der Waals surface area contributed by atoms with Gasteiger partial charge in [0.25, 0.3) is 0 Å². The third-order valence-corrected chi connectivity index (χ3v) is 4.31. The van der Waals surface area contributed by atoms with Crippen LogP contribution in [0.25, 0.3) is 0 Å². The van der Waals surface area contributed by atoms with Crippen LogP contribution in [0.15, 0.2) is 0 Å². The molecule has 3 atom stereocenters. The van der Waals surface area contributed by atoms with Crippen molar-refractivity contribution >= 4 is 7.82 Å². The first-order valence-electron chi connectivity index (χ1n) is 13.3. The number of rotatable bonds is 21. The van der Waals surface area contributed by atoms with Crippen molar-refractivity contribution < 1.29 is 64.1 Å². The summed E-state index contributed by atoms with van der Waals surface area (Å²) in [5, 5.41) is 52.6. The van der Waals surface area contributed by atoms with Crippen molar-refractivity contribution in [1.29, 1.82) is 0 Å². The molecule has 9 N–H and O–H groups in total. The van der Waals surface area contributed by atoms with Gasteiger partial charge in [-0.15, -0.1) is 0 Å². The minimum Gasteiger partial charge on any atom is -0.394 e. The Morgan fingerprint density at radius 3 is 0.921 bits per heavy atom. The molecule has 38 heavy (non-hydrogen) atoms. The topological polar surface area (TPSA) is 227 Å². The highest BCUT2D eigenvalue weighted by molar-refractivity contribution is 7.45. The van der Waals surface area contributed by atoms with Gasteiger partial charge in [-0.2, -0.15) is 0 Å². The van der Waals surface area contributed by atoms with E-state index in [0.717, 1.165) is 57.8 Å². The molecule has 0 aliphatic carbocycles. The van der Waals surface area contributed by atoms with E-state index in [1.54, 1.807) is 0 Å². The van der Waals surface area contributed by atoms with Gasteiger partial charge in [0.2, 0.25) is 0 Å². The molecule has 0 radical (unpaired) electrons.